The summed E-state index contributed by atoms with van der Waals surface area (Å²) in [4.78, 5) is 2.67. The summed E-state index contributed by atoms with van der Waals surface area (Å²) in [5.41, 5.74) is -8.27. The average Bonchev–Trinajstić information content (AvgIpc) is 2.44. The number of pyridine rings is 1. The van der Waals surface area contributed by atoms with Crippen LogP contribution in [-0.2, 0) is 18.5 Å². The summed E-state index contributed by atoms with van der Waals surface area (Å²) in [5, 5.41) is 0. The topological polar surface area (TPSA) is 12.9 Å². The third-order valence-corrected chi connectivity index (χ3v) is 3.03. The molecule has 0 bridgehead atoms. The number of rotatable bonds is 1. The molecule has 0 spiro atoms. The quantitative estimate of drug-likeness (QED) is 0.586. The molecule has 0 N–H and O–H groups in total. The summed E-state index contributed by atoms with van der Waals surface area (Å²) >= 11 is 0. The van der Waals surface area contributed by atoms with Crippen LogP contribution in [0, 0.1) is 0 Å². The fourth-order valence-corrected chi connectivity index (χ4v) is 2.15. The first kappa shape index (κ1) is 18.1. The Morgan fingerprint density at radius 2 is 1.21 bits per heavy atom. The van der Waals surface area contributed by atoms with Crippen molar-refractivity contribution >= 4 is 0 Å². The van der Waals surface area contributed by atoms with Crippen molar-refractivity contribution in [2.45, 2.75) is 18.5 Å². The first-order valence-corrected chi connectivity index (χ1v) is 6.13. The van der Waals surface area contributed by atoms with E-state index in [1.807, 2.05) is 0 Å². The van der Waals surface area contributed by atoms with E-state index in [0.717, 1.165) is 12.1 Å². The Morgan fingerprint density at radius 3 is 1.71 bits per heavy atom. The van der Waals surface area contributed by atoms with Crippen molar-refractivity contribution < 1.29 is 39.5 Å². The van der Waals surface area contributed by atoms with Gasteiger partial charge in [-0.15, -0.1) is 0 Å². The second kappa shape index (κ2) is 5.67. The fourth-order valence-electron chi connectivity index (χ4n) is 2.15. The number of halogens is 9. The largest absolute Gasteiger partial charge is 0.433 e. The lowest BCUT2D eigenvalue weighted by Gasteiger charge is -2.20. The molecule has 0 saturated heterocycles. The Balaban J connectivity index is 2.88. The van der Waals surface area contributed by atoms with E-state index in [0.29, 0.717) is 24.4 Å². The highest BCUT2D eigenvalue weighted by molar-refractivity contribution is 5.72. The van der Waals surface area contributed by atoms with Gasteiger partial charge in [-0.05, 0) is 23.3 Å². The predicted octanol–water partition coefficient (Wildman–Crippen LogP) is 5.81. The van der Waals surface area contributed by atoms with Crippen LogP contribution in [0.25, 0.3) is 11.1 Å². The second-order valence-corrected chi connectivity index (χ2v) is 4.62. The Kier molecular flexibility index (Phi) is 4.28. The van der Waals surface area contributed by atoms with Crippen LogP contribution in [0.5, 0.6) is 0 Å². The van der Waals surface area contributed by atoms with Gasteiger partial charge in [-0.3, -0.25) is 4.98 Å². The maximum atomic E-state index is 13.1. The summed E-state index contributed by atoms with van der Waals surface area (Å²) in [5.74, 6) is 0. The number of hydrogen-bond donors (Lipinski definition) is 0. The van der Waals surface area contributed by atoms with Gasteiger partial charge in [-0.1, -0.05) is 18.2 Å². The highest BCUT2D eigenvalue weighted by Crippen LogP contribution is 2.46. The Bertz CT molecular complexity index is 741. The van der Waals surface area contributed by atoms with Crippen molar-refractivity contribution in [3.05, 3.63) is 53.3 Å². The van der Waals surface area contributed by atoms with Gasteiger partial charge >= 0.3 is 18.5 Å². The first-order valence-electron chi connectivity index (χ1n) is 6.13. The minimum atomic E-state index is -5.55. The zero-order chi connectivity index (χ0) is 18.3. The van der Waals surface area contributed by atoms with Crippen LogP contribution in [0.15, 0.2) is 36.5 Å². The maximum Gasteiger partial charge on any atom is 0.433 e. The van der Waals surface area contributed by atoms with Crippen LogP contribution in [0.2, 0.25) is 0 Å². The van der Waals surface area contributed by atoms with Crippen LogP contribution in [-0.4, -0.2) is 4.98 Å². The predicted molar refractivity (Wildman–Crippen MR) is 64.7 cm³/mol. The van der Waals surface area contributed by atoms with E-state index in [2.05, 4.69) is 4.98 Å². The number of alkyl halides is 9. The molecule has 2 aromatic rings. The maximum absolute atomic E-state index is 13.1. The van der Waals surface area contributed by atoms with Gasteiger partial charge < -0.3 is 0 Å². The zero-order valence-electron chi connectivity index (χ0n) is 11.3. The molecule has 1 nitrogen and oxygen atoms in total. The second-order valence-electron chi connectivity index (χ2n) is 4.62. The van der Waals surface area contributed by atoms with Gasteiger partial charge in [0.15, 0.2) is 5.69 Å². The molecule has 24 heavy (non-hydrogen) atoms. The monoisotopic (exact) mass is 359 g/mol. The molecule has 2 rings (SSSR count). The van der Waals surface area contributed by atoms with E-state index in [1.54, 1.807) is 0 Å². The van der Waals surface area contributed by atoms with E-state index in [4.69, 9.17) is 0 Å². The molecule has 0 unspecified atom stereocenters. The van der Waals surface area contributed by atoms with Gasteiger partial charge in [-0.25, -0.2) is 0 Å². The molecular formula is C14H6F9N. The smallest absolute Gasteiger partial charge is 0.251 e. The van der Waals surface area contributed by atoms with Gasteiger partial charge in [0.05, 0.1) is 11.1 Å². The molecule has 0 saturated carbocycles. The molecule has 0 aliphatic carbocycles. The molecule has 1 aromatic heterocycles. The lowest BCUT2D eigenvalue weighted by Crippen LogP contribution is -2.20. The van der Waals surface area contributed by atoms with Crippen LogP contribution >= 0.6 is 0 Å². The molecule has 1 heterocycles. The van der Waals surface area contributed by atoms with Crippen LogP contribution in [0.3, 0.4) is 0 Å². The Morgan fingerprint density at radius 1 is 0.625 bits per heavy atom. The van der Waals surface area contributed by atoms with Crippen molar-refractivity contribution in [1.29, 1.82) is 0 Å². The summed E-state index contributed by atoms with van der Waals surface area (Å²) in [7, 11) is 0. The van der Waals surface area contributed by atoms with Crippen molar-refractivity contribution in [2.24, 2.45) is 0 Å². The van der Waals surface area contributed by atoms with Crippen LogP contribution in [0.4, 0.5) is 39.5 Å². The van der Waals surface area contributed by atoms with Crippen molar-refractivity contribution in [3.63, 3.8) is 0 Å². The molecule has 10 heteroatoms. The van der Waals surface area contributed by atoms with Gasteiger partial charge in [0.1, 0.15) is 0 Å². The summed E-state index contributed by atoms with van der Waals surface area (Å²) in [6.45, 7) is 0. The summed E-state index contributed by atoms with van der Waals surface area (Å²) in [6, 6.07) is 3.56. The molecule has 0 fully saturated rings. The molecular weight excluding hydrogens is 353 g/mol. The lowest BCUT2D eigenvalue weighted by atomic mass is 9.94. The van der Waals surface area contributed by atoms with Crippen molar-refractivity contribution in [3.8, 4) is 11.1 Å². The lowest BCUT2D eigenvalue weighted by molar-refractivity contribution is -0.164. The molecule has 0 radical (unpaired) electrons. The standard InChI is InChI=1S/C14H6F9N/c15-12(16,17)9-4-2-1-3-7(9)8-5-6-24-11(14(21,22)23)10(8)13(18,19)20/h1-6H. The summed E-state index contributed by atoms with van der Waals surface area (Å²) < 4.78 is 117. The fraction of sp³-hybridized carbons (Fsp3) is 0.214. The number of aromatic nitrogens is 1. The molecule has 0 aliphatic rings. The normalized spacial score (nSPS) is 13.2. The van der Waals surface area contributed by atoms with E-state index in [1.165, 1.54) is 0 Å². The number of benzene rings is 1. The van der Waals surface area contributed by atoms with Gasteiger partial charge in [-0.2, -0.15) is 39.5 Å². The van der Waals surface area contributed by atoms with Crippen LogP contribution in [0.1, 0.15) is 16.8 Å². The SMILES string of the molecule is FC(F)(F)c1ccccc1-c1ccnc(C(F)(F)F)c1C(F)(F)F. The van der Waals surface area contributed by atoms with Crippen molar-refractivity contribution in [1.82, 2.24) is 4.98 Å². The van der Waals surface area contributed by atoms with E-state index in [9.17, 15) is 39.5 Å². The van der Waals surface area contributed by atoms with E-state index in [-0.39, 0.29) is 0 Å². The van der Waals surface area contributed by atoms with E-state index < -0.39 is 46.5 Å². The Hall–Kier alpha value is -2.26. The number of hydrogen-bond acceptors (Lipinski definition) is 1. The first-order chi connectivity index (χ1) is 10.8. The van der Waals surface area contributed by atoms with Crippen LogP contribution < -0.4 is 0 Å². The molecule has 0 amide bonds. The van der Waals surface area contributed by atoms with Gasteiger partial charge in [0.25, 0.3) is 0 Å². The van der Waals surface area contributed by atoms with E-state index >= 15 is 0 Å². The molecule has 0 aliphatic heterocycles. The minimum Gasteiger partial charge on any atom is -0.251 e. The summed E-state index contributed by atoms with van der Waals surface area (Å²) in [6.07, 6.45) is -15.7. The molecule has 1 aromatic carbocycles. The zero-order valence-corrected chi connectivity index (χ0v) is 11.3. The average molecular weight is 359 g/mol. The van der Waals surface area contributed by atoms with Gasteiger partial charge in [0.2, 0.25) is 0 Å². The highest BCUT2D eigenvalue weighted by Gasteiger charge is 2.47. The minimum absolute atomic E-state index is 0.389. The number of nitrogens with zero attached hydrogens (tertiary/aromatic N) is 1. The van der Waals surface area contributed by atoms with Gasteiger partial charge in [0, 0.05) is 6.20 Å². The molecule has 0 atom stereocenters. The Labute approximate surface area is 128 Å². The molecule has 130 valence electrons. The third kappa shape index (κ3) is 3.46. The van der Waals surface area contributed by atoms with Crippen molar-refractivity contribution in [2.75, 3.05) is 0 Å². The third-order valence-electron chi connectivity index (χ3n) is 3.03. The highest BCUT2D eigenvalue weighted by atomic mass is 19.4.